The van der Waals surface area contributed by atoms with Gasteiger partial charge in [-0.05, 0) is 57.8 Å². The number of amides is 5. The van der Waals surface area contributed by atoms with Crippen LogP contribution in [0, 0.1) is 17.3 Å². The van der Waals surface area contributed by atoms with Gasteiger partial charge >= 0.3 is 0 Å². The van der Waals surface area contributed by atoms with Crippen molar-refractivity contribution in [3.05, 3.63) is 0 Å². The molecule has 42 heavy (non-hydrogen) atoms. The molecule has 5 amide bonds. The van der Waals surface area contributed by atoms with Gasteiger partial charge in [-0.15, -0.1) is 0 Å². The summed E-state index contributed by atoms with van der Waals surface area (Å²) in [7, 11) is 1.37. The van der Waals surface area contributed by atoms with Crippen molar-refractivity contribution in [2.24, 2.45) is 17.3 Å². The molecule has 0 aromatic heterocycles. The van der Waals surface area contributed by atoms with Crippen LogP contribution in [0.15, 0.2) is 0 Å². The Morgan fingerprint density at radius 3 is 2.19 bits per heavy atom. The maximum Gasteiger partial charge on any atom is 0.289 e. The fraction of sp³-hybridized carbons (Fsp3) is 0.793. The molecule has 0 bridgehead atoms. The van der Waals surface area contributed by atoms with Crippen LogP contribution < -0.4 is 21.3 Å². The third kappa shape index (κ3) is 8.94. The minimum absolute atomic E-state index is 0.0262. The summed E-state index contributed by atoms with van der Waals surface area (Å²) in [6.07, 6.45) is 1.88. The Kier molecular flexibility index (Phi) is 10.7. The zero-order valence-corrected chi connectivity index (χ0v) is 25.2. The van der Waals surface area contributed by atoms with Crippen molar-refractivity contribution < 1.29 is 37.5 Å². The normalized spacial score (nSPS) is 23.0. The van der Waals surface area contributed by atoms with E-state index in [-0.39, 0.29) is 31.2 Å². The molecule has 3 fully saturated rings. The van der Waals surface area contributed by atoms with Crippen LogP contribution in [0.2, 0.25) is 0 Å². The highest BCUT2D eigenvalue weighted by atomic mass is 19.3. The number of alkyl halides is 2. The molecule has 0 spiro atoms. The highest BCUT2D eigenvalue weighted by molar-refractivity contribution is 6.38. The van der Waals surface area contributed by atoms with Gasteiger partial charge in [0.15, 0.2) is 0 Å². The van der Waals surface area contributed by atoms with Crippen molar-refractivity contribution in [3.8, 4) is 0 Å². The first-order valence-corrected chi connectivity index (χ1v) is 14.9. The van der Waals surface area contributed by atoms with E-state index in [1.807, 2.05) is 0 Å². The number of rotatable bonds is 11. The lowest BCUT2D eigenvalue weighted by Gasteiger charge is -2.37. The Balaban J connectivity index is 1.75. The van der Waals surface area contributed by atoms with Crippen LogP contribution in [0.1, 0.15) is 85.5 Å². The molecule has 0 aromatic rings. The minimum atomic E-state index is -2.83. The molecule has 4 N–H and O–H groups in total. The van der Waals surface area contributed by atoms with E-state index < -0.39 is 83.6 Å². The zero-order chi connectivity index (χ0) is 31.4. The highest BCUT2D eigenvalue weighted by Gasteiger charge is 2.43. The zero-order valence-electron chi connectivity index (χ0n) is 25.2. The van der Waals surface area contributed by atoms with Crippen LogP contribution in [0.3, 0.4) is 0 Å². The summed E-state index contributed by atoms with van der Waals surface area (Å²) in [5.74, 6) is -7.69. The van der Waals surface area contributed by atoms with Crippen molar-refractivity contribution >= 4 is 35.3 Å². The lowest BCUT2D eigenvalue weighted by molar-refractivity contribution is -0.146. The third-order valence-corrected chi connectivity index (χ3v) is 8.46. The number of Topliss-reactive ketones (excluding diaryl/α,β-unsaturated/α-hetero) is 1. The summed E-state index contributed by atoms with van der Waals surface area (Å²) >= 11 is 0. The summed E-state index contributed by atoms with van der Waals surface area (Å²) in [5, 5.41) is 10.7. The molecule has 3 rings (SSSR count). The molecule has 2 saturated carbocycles. The molecule has 4 atom stereocenters. The maximum atomic E-state index is 13.9. The highest BCUT2D eigenvalue weighted by Crippen LogP contribution is 2.38. The molecule has 0 radical (unpaired) electrons. The number of nitrogens with zero attached hydrogens (tertiary/aromatic N) is 1. The molecule has 1 heterocycles. The number of ketones is 1. The standard InChI is InChI=1S/C29H45F2N5O6/c1-16(36(5)26(41)21(35-27(42)28(2,3)4)17-10-12-29(30,31)13-11-17)23(38)34-20(15-18-7-6-14-32-24(18)39)22(37)25(40)33-19-8-9-19/h16-21H,6-15H2,1-5H3,(H,32,39)(H,33,40)(H,34,38)(H,35,42)/t16-,18-,20-,21+/m0/s1. The van der Waals surface area contributed by atoms with Gasteiger partial charge in [0.05, 0.1) is 6.04 Å². The Labute approximate surface area is 245 Å². The monoisotopic (exact) mass is 597 g/mol. The summed E-state index contributed by atoms with van der Waals surface area (Å²) in [4.78, 5) is 79.1. The fourth-order valence-electron chi connectivity index (χ4n) is 5.23. The first-order chi connectivity index (χ1) is 19.5. The second-order valence-corrected chi connectivity index (χ2v) is 13.1. The van der Waals surface area contributed by atoms with Crippen molar-refractivity contribution in [1.82, 2.24) is 26.2 Å². The van der Waals surface area contributed by atoms with E-state index in [9.17, 15) is 37.5 Å². The van der Waals surface area contributed by atoms with Crippen LogP contribution in [0.5, 0.6) is 0 Å². The average Bonchev–Trinajstić information content (AvgIpc) is 3.74. The predicted octanol–water partition coefficient (Wildman–Crippen LogP) is 1.44. The predicted molar refractivity (Wildman–Crippen MR) is 149 cm³/mol. The van der Waals surface area contributed by atoms with E-state index in [1.165, 1.54) is 14.0 Å². The molecule has 1 saturated heterocycles. The number of carbonyl (C=O) groups excluding carboxylic acids is 6. The molecule has 13 heteroatoms. The van der Waals surface area contributed by atoms with Gasteiger partial charge in [-0.1, -0.05) is 20.8 Å². The number of piperidine rings is 1. The summed E-state index contributed by atoms with van der Waals surface area (Å²) in [6, 6.07) is -3.63. The second-order valence-electron chi connectivity index (χ2n) is 13.1. The quantitative estimate of drug-likeness (QED) is 0.265. The molecule has 11 nitrogen and oxygen atoms in total. The molecular formula is C29H45F2N5O6. The minimum Gasteiger partial charge on any atom is -0.356 e. The number of hydrogen-bond acceptors (Lipinski definition) is 6. The Morgan fingerprint density at radius 1 is 1.02 bits per heavy atom. The van der Waals surface area contributed by atoms with E-state index in [2.05, 4.69) is 21.3 Å². The lowest BCUT2D eigenvalue weighted by Crippen LogP contribution is -2.59. The number of hydrogen-bond donors (Lipinski definition) is 4. The van der Waals surface area contributed by atoms with Crippen molar-refractivity contribution in [2.75, 3.05) is 13.6 Å². The third-order valence-electron chi connectivity index (χ3n) is 8.46. The topological polar surface area (TPSA) is 154 Å². The summed E-state index contributed by atoms with van der Waals surface area (Å²) in [5.41, 5.74) is -0.848. The van der Waals surface area contributed by atoms with Crippen LogP contribution in [-0.4, -0.2) is 83.9 Å². The summed E-state index contributed by atoms with van der Waals surface area (Å²) in [6.45, 7) is 6.95. The van der Waals surface area contributed by atoms with E-state index in [1.54, 1.807) is 20.8 Å². The van der Waals surface area contributed by atoms with Crippen molar-refractivity contribution in [1.29, 1.82) is 0 Å². The fourth-order valence-corrected chi connectivity index (χ4v) is 5.23. The maximum absolute atomic E-state index is 13.9. The average molecular weight is 598 g/mol. The van der Waals surface area contributed by atoms with E-state index in [4.69, 9.17) is 0 Å². The smallest absolute Gasteiger partial charge is 0.289 e. The van der Waals surface area contributed by atoms with Gasteiger partial charge in [-0.25, -0.2) is 8.78 Å². The van der Waals surface area contributed by atoms with Crippen LogP contribution in [0.4, 0.5) is 8.78 Å². The molecule has 3 aliphatic rings. The number of likely N-dealkylation sites (N-methyl/N-ethyl adjacent to an activating group) is 1. The molecule has 236 valence electrons. The Hall–Kier alpha value is -3.12. The van der Waals surface area contributed by atoms with Crippen molar-refractivity contribution in [3.63, 3.8) is 0 Å². The van der Waals surface area contributed by atoms with E-state index in [0.29, 0.717) is 19.4 Å². The molecule has 0 unspecified atom stereocenters. The van der Waals surface area contributed by atoms with Crippen LogP contribution in [0.25, 0.3) is 0 Å². The van der Waals surface area contributed by atoms with Crippen molar-refractivity contribution in [2.45, 2.75) is 116 Å². The van der Waals surface area contributed by atoms with E-state index >= 15 is 0 Å². The largest absolute Gasteiger partial charge is 0.356 e. The van der Waals surface area contributed by atoms with Gasteiger partial charge in [0.1, 0.15) is 12.1 Å². The van der Waals surface area contributed by atoms with Gasteiger partial charge < -0.3 is 26.2 Å². The Morgan fingerprint density at radius 2 is 1.64 bits per heavy atom. The number of carbonyl (C=O) groups is 6. The molecule has 1 aliphatic heterocycles. The summed E-state index contributed by atoms with van der Waals surface area (Å²) < 4.78 is 27.8. The van der Waals surface area contributed by atoms with Gasteiger partial charge in [0.25, 0.3) is 5.91 Å². The Bertz CT molecular complexity index is 1060. The van der Waals surface area contributed by atoms with Gasteiger partial charge in [0.2, 0.25) is 35.3 Å². The van der Waals surface area contributed by atoms with Gasteiger partial charge in [0, 0.05) is 43.8 Å². The second kappa shape index (κ2) is 13.5. The van der Waals surface area contributed by atoms with Gasteiger partial charge in [-0.3, -0.25) is 28.8 Å². The van der Waals surface area contributed by atoms with Crippen LogP contribution >= 0.6 is 0 Å². The molecule has 2 aliphatic carbocycles. The first kappa shape index (κ1) is 33.4. The lowest BCUT2D eigenvalue weighted by atomic mass is 9.81. The van der Waals surface area contributed by atoms with Crippen LogP contribution in [-0.2, 0) is 28.8 Å². The van der Waals surface area contributed by atoms with E-state index in [0.717, 1.165) is 17.7 Å². The first-order valence-electron chi connectivity index (χ1n) is 14.9. The molecule has 0 aromatic carbocycles. The van der Waals surface area contributed by atoms with Gasteiger partial charge in [-0.2, -0.15) is 0 Å². The molecular weight excluding hydrogens is 552 g/mol. The SMILES string of the molecule is C[C@@H](C(=O)N[C@@H](C[C@@H]1CCCNC1=O)C(=O)C(=O)NC1CC1)N(C)C(=O)[C@H](NC(=O)C(C)(C)C)C1CCC(F)(F)CC1. The number of halogens is 2. The number of nitrogens with one attached hydrogen (secondary N) is 4.